The van der Waals surface area contributed by atoms with Crippen LogP contribution in [0.3, 0.4) is 0 Å². The molecular formula is C14H16N2O2S. The Morgan fingerprint density at radius 1 is 1.32 bits per heavy atom. The zero-order valence-electron chi connectivity index (χ0n) is 10.6. The van der Waals surface area contributed by atoms with Gasteiger partial charge in [-0.2, -0.15) is 0 Å². The van der Waals surface area contributed by atoms with Gasteiger partial charge < -0.3 is 10.6 Å². The molecule has 2 N–H and O–H groups in total. The summed E-state index contributed by atoms with van der Waals surface area (Å²) in [6.45, 7) is 1.36. The average Bonchev–Trinajstić information content (AvgIpc) is 2.45. The molecule has 19 heavy (non-hydrogen) atoms. The van der Waals surface area contributed by atoms with Crippen LogP contribution in [0.15, 0.2) is 24.3 Å². The summed E-state index contributed by atoms with van der Waals surface area (Å²) in [7, 11) is -0.782. The Hall–Kier alpha value is -1.64. The average molecular weight is 276 g/mol. The number of carbonyl (C=O) groups is 1. The lowest BCUT2D eigenvalue weighted by Crippen LogP contribution is -2.42. The SMILES string of the molecule is NCC#Cc1ccccc1C(=O)N1CCS(=O)CC1. The van der Waals surface area contributed by atoms with Crippen molar-refractivity contribution in [3.05, 3.63) is 35.4 Å². The van der Waals surface area contributed by atoms with Crippen LogP contribution in [0.2, 0.25) is 0 Å². The van der Waals surface area contributed by atoms with Gasteiger partial charge in [-0.05, 0) is 12.1 Å². The molecule has 1 heterocycles. The normalized spacial score (nSPS) is 15.7. The second-order valence-corrected chi connectivity index (χ2v) is 5.89. The van der Waals surface area contributed by atoms with Crippen LogP contribution >= 0.6 is 0 Å². The zero-order chi connectivity index (χ0) is 13.7. The first kappa shape index (κ1) is 13.8. The molecule has 5 heteroatoms. The lowest BCUT2D eigenvalue weighted by Gasteiger charge is -2.26. The molecule has 1 aromatic carbocycles. The molecule has 0 aromatic heterocycles. The van der Waals surface area contributed by atoms with Gasteiger partial charge in [0.15, 0.2) is 0 Å². The topological polar surface area (TPSA) is 63.4 Å². The van der Waals surface area contributed by atoms with Crippen molar-refractivity contribution in [2.45, 2.75) is 0 Å². The van der Waals surface area contributed by atoms with E-state index in [9.17, 15) is 9.00 Å². The van der Waals surface area contributed by atoms with Crippen LogP contribution in [-0.2, 0) is 10.8 Å². The Morgan fingerprint density at radius 3 is 2.68 bits per heavy atom. The second kappa shape index (κ2) is 6.50. The van der Waals surface area contributed by atoms with E-state index in [2.05, 4.69) is 11.8 Å². The zero-order valence-corrected chi connectivity index (χ0v) is 11.4. The third-order valence-electron chi connectivity index (χ3n) is 2.95. The number of nitrogens with two attached hydrogens (primary N) is 1. The summed E-state index contributed by atoms with van der Waals surface area (Å²) < 4.78 is 11.3. The van der Waals surface area contributed by atoms with Crippen LogP contribution < -0.4 is 5.73 Å². The van der Waals surface area contributed by atoms with Crippen LogP contribution in [0.1, 0.15) is 15.9 Å². The first-order chi connectivity index (χ1) is 9.22. The largest absolute Gasteiger partial charge is 0.337 e. The Kier molecular flexibility index (Phi) is 4.72. The molecule has 1 saturated heterocycles. The molecule has 1 amide bonds. The summed E-state index contributed by atoms with van der Waals surface area (Å²) in [5.74, 6) is 6.76. The molecule has 0 unspecified atom stereocenters. The minimum Gasteiger partial charge on any atom is -0.337 e. The van der Waals surface area contributed by atoms with Crippen molar-refractivity contribution in [1.82, 2.24) is 4.90 Å². The quantitative estimate of drug-likeness (QED) is 0.745. The van der Waals surface area contributed by atoms with Crippen LogP contribution in [0.4, 0.5) is 0 Å². The highest BCUT2D eigenvalue weighted by molar-refractivity contribution is 7.85. The van der Waals surface area contributed by atoms with Crippen molar-refractivity contribution in [2.75, 3.05) is 31.1 Å². The molecule has 4 nitrogen and oxygen atoms in total. The van der Waals surface area contributed by atoms with E-state index < -0.39 is 10.8 Å². The molecule has 0 radical (unpaired) electrons. The number of carbonyl (C=O) groups excluding carboxylic acids is 1. The van der Waals surface area contributed by atoms with E-state index in [4.69, 9.17) is 5.73 Å². The minimum absolute atomic E-state index is 0.0429. The molecule has 1 fully saturated rings. The van der Waals surface area contributed by atoms with Crippen molar-refractivity contribution in [1.29, 1.82) is 0 Å². The molecule has 0 atom stereocenters. The van der Waals surface area contributed by atoms with Gasteiger partial charge in [-0.1, -0.05) is 24.0 Å². The number of nitrogens with zero attached hydrogens (tertiary/aromatic N) is 1. The maximum Gasteiger partial charge on any atom is 0.255 e. The van der Waals surface area contributed by atoms with Gasteiger partial charge >= 0.3 is 0 Å². The van der Waals surface area contributed by atoms with Gasteiger partial charge in [0.1, 0.15) is 0 Å². The van der Waals surface area contributed by atoms with E-state index in [1.165, 1.54) is 0 Å². The fourth-order valence-electron chi connectivity index (χ4n) is 1.94. The summed E-state index contributed by atoms with van der Waals surface area (Å²) in [4.78, 5) is 14.2. The summed E-state index contributed by atoms with van der Waals surface area (Å²) in [6, 6.07) is 7.26. The van der Waals surface area contributed by atoms with Crippen molar-refractivity contribution in [3.8, 4) is 11.8 Å². The van der Waals surface area contributed by atoms with Crippen molar-refractivity contribution in [2.24, 2.45) is 5.73 Å². The van der Waals surface area contributed by atoms with Crippen LogP contribution in [0.5, 0.6) is 0 Å². The standard InChI is InChI=1S/C14H16N2O2S/c15-7-3-5-12-4-1-2-6-13(12)14(17)16-8-10-19(18)11-9-16/h1-2,4,6H,7-11,15H2. The lowest BCUT2D eigenvalue weighted by atomic mass is 10.1. The predicted octanol–water partition coefficient (Wildman–Crippen LogP) is 0.201. The molecule has 1 aliphatic heterocycles. The molecule has 1 aliphatic rings. The van der Waals surface area contributed by atoms with E-state index in [1.54, 1.807) is 11.0 Å². The summed E-state index contributed by atoms with van der Waals surface area (Å²) in [5.41, 5.74) is 6.65. The molecule has 2 rings (SSSR count). The summed E-state index contributed by atoms with van der Waals surface area (Å²) in [5, 5.41) is 0. The number of rotatable bonds is 1. The van der Waals surface area contributed by atoms with Gasteiger partial charge in [-0.3, -0.25) is 9.00 Å². The summed E-state index contributed by atoms with van der Waals surface area (Å²) >= 11 is 0. The van der Waals surface area contributed by atoms with E-state index in [-0.39, 0.29) is 12.5 Å². The van der Waals surface area contributed by atoms with Crippen molar-refractivity contribution >= 4 is 16.7 Å². The third-order valence-corrected chi connectivity index (χ3v) is 4.22. The molecule has 100 valence electrons. The third kappa shape index (κ3) is 3.43. The van der Waals surface area contributed by atoms with Crippen molar-refractivity contribution in [3.63, 3.8) is 0 Å². The van der Waals surface area contributed by atoms with Gasteiger partial charge in [0.05, 0.1) is 12.1 Å². The molecule has 0 spiro atoms. The molecule has 0 saturated carbocycles. The van der Waals surface area contributed by atoms with Gasteiger partial charge in [0.2, 0.25) is 0 Å². The van der Waals surface area contributed by atoms with Gasteiger partial charge in [0, 0.05) is 41.0 Å². The maximum atomic E-state index is 12.4. The fourth-order valence-corrected chi connectivity index (χ4v) is 2.99. The number of hydrogen-bond acceptors (Lipinski definition) is 3. The van der Waals surface area contributed by atoms with Crippen LogP contribution in [0.25, 0.3) is 0 Å². The highest BCUT2D eigenvalue weighted by Crippen LogP contribution is 2.12. The molecule has 1 aromatic rings. The maximum absolute atomic E-state index is 12.4. The molecule has 0 bridgehead atoms. The highest BCUT2D eigenvalue weighted by Gasteiger charge is 2.22. The second-order valence-electron chi connectivity index (χ2n) is 4.19. The Labute approximate surface area is 115 Å². The molecule has 0 aliphatic carbocycles. The van der Waals surface area contributed by atoms with E-state index in [0.717, 1.165) is 0 Å². The Bertz CT molecular complexity index is 550. The van der Waals surface area contributed by atoms with Crippen LogP contribution in [-0.4, -0.2) is 46.2 Å². The first-order valence-corrected chi connectivity index (χ1v) is 7.63. The minimum atomic E-state index is -0.782. The molecular weight excluding hydrogens is 260 g/mol. The van der Waals surface area contributed by atoms with Crippen molar-refractivity contribution < 1.29 is 9.00 Å². The predicted molar refractivity (Wildman–Crippen MR) is 76.2 cm³/mol. The number of hydrogen-bond donors (Lipinski definition) is 1. The van der Waals surface area contributed by atoms with E-state index in [1.807, 2.05) is 18.2 Å². The summed E-state index contributed by atoms with van der Waals surface area (Å²) in [6.07, 6.45) is 0. The Balaban J connectivity index is 2.21. The van der Waals surface area contributed by atoms with E-state index in [0.29, 0.717) is 35.7 Å². The lowest BCUT2D eigenvalue weighted by molar-refractivity contribution is 0.0771. The fraction of sp³-hybridized carbons (Fsp3) is 0.357. The van der Waals surface area contributed by atoms with Gasteiger partial charge in [0.25, 0.3) is 5.91 Å². The smallest absolute Gasteiger partial charge is 0.255 e. The highest BCUT2D eigenvalue weighted by atomic mass is 32.2. The monoisotopic (exact) mass is 276 g/mol. The van der Waals surface area contributed by atoms with Gasteiger partial charge in [-0.25, -0.2) is 0 Å². The number of amides is 1. The number of benzene rings is 1. The van der Waals surface area contributed by atoms with E-state index >= 15 is 0 Å². The van der Waals surface area contributed by atoms with Crippen LogP contribution in [0, 0.1) is 11.8 Å². The Morgan fingerprint density at radius 2 is 2.00 bits per heavy atom. The first-order valence-electron chi connectivity index (χ1n) is 6.14. The van der Waals surface area contributed by atoms with Gasteiger partial charge in [-0.15, -0.1) is 0 Å².